The maximum atomic E-state index is 3.87. The van der Waals surface area contributed by atoms with Crippen molar-refractivity contribution in [2.45, 2.75) is 6.92 Å². The molecule has 0 aliphatic heterocycles. The van der Waals surface area contributed by atoms with Gasteiger partial charge < -0.3 is 0 Å². The number of nitrogens with zero attached hydrogens (tertiary/aromatic N) is 2. The predicted octanol–water partition coefficient (Wildman–Crippen LogP) is 1.51. The van der Waals surface area contributed by atoms with E-state index in [1.54, 1.807) is 13.1 Å². The molecule has 0 unspecified atom stereocenters. The molecule has 2 nitrogen and oxygen atoms in total. The molecule has 0 saturated heterocycles. The summed E-state index contributed by atoms with van der Waals surface area (Å²) in [5, 5.41) is 0.433. The quantitative estimate of drug-likeness (QED) is 0.314. The van der Waals surface area contributed by atoms with Crippen LogP contribution in [0.2, 0.25) is 0 Å². The van der Waals surface area contributed by atoms with Crippen LogP contribution in [-0.4, -0.2) is 11.4 Å². The molecule has 0 radical (unpaired) electrons. The van der Waals surface area contributed by atoms with Crippen molar-refractivity contribution in [1.29, 1.82) is 0 Å². The van der Waals surface area contributed by atoms with Gasteiger partial charge in [0.15, 0.2) is 5.17 Å². The van der Waals surface area contributed by atoms with E-state index in [2.05, 4.69) is 29.2 Å². The molecule has 0 heterocycles. The van der Waals surface area contributed by atoms with Crippen LogP contribution in [0.25, 0.3) is 0 Å². The Labute approximate surface area is 54.5 Å². The Morgan fingerprint density at radius 1 is 1.75 bits per heavy atom. The van der Waals surface area contributed by atoms with Gasteiger partial charge in [0.25, 0.3) is 0 Å². The van der Waals surface area contributed by atoms with Gasteiger partial charge in [-0.15, -0.1) is 12.6 Å². The molecule has 3 heteroatoms. The van der Waals surface area contributed by atoms with Crippen LogP contribution in [0.1, 0.15) is 6.92 Å². The molecule has 0 aliphatic rings. The Kier molecular flexibility index (Phi) is 4.26. The third-order valence-electron chi connectivity index (χ3n) is 0.451. The topological polar surface area (TPSA) is 24.7 Å². The predicted molar refractivity (Wildman–Crippen MR) is 40.8 cm³/mol. The van der Waals surface area contributed by atoms with Gasteiger partial charge in [-0.3, -0.25) is 0 Å². The van der Waals surface area contributed by atoms with Crippen LogP contribution in [-0.2, 0) is 0 Å². The fraction of sp³-hybridized carbons (Fsp3) is 0.200. The average molecular weight is 128 g/mol. The largest absolute Gasteiger partial charge is 0.236 e. The molecule has 0 aromatic rings. The van der Waals surface area contributed by atoms with E-state index in [1.807, 2.05) is 0 Å². The number of rotatable bonds is 1. The van der Waals surface area contributed by atoms with Crippen molar-refractivity contribution in [2.24, 2.45) is 9.98 Å². The highest BCUT2D eigenvalue weighted by atomic mass is 32.1. The highest BCUT2D eigenvalue weighted by Crippen LogP contribution is 1.85. The highest BCUT2D eigenvalue weighted by molar-refractivity contribution is 7.96. The lowest BCUT2D eigenvalue weighted by molar-refractivity contribution is 1.56. The zero-order valence-corrected chi connectivity index (χ0v) is 5.60. The molecule has 0 fully saturated rings. The van der Waals surface area contributed by atoms with E-state index < -0.39 is 0 Å². The number of amidine groups is 1. The first-order valence-electron chi connectivity index (χ1n) is 2.17. The molecule has 0 spiro atoms. The van der Waals surface area contributed by atoms with E-state index in [1.165, 1.54) is 6.20 Å². The first kappa shape index (κ1) is 7.43. The van der Waals surface area contributed by atoms with Crippen LogP contribution < -0.4 is 0 Å². The minimum atomic E-state index is 0.433. The van der Waals surface area contributed by atoms with Gasteiger partial charge in [-0.05, 0) is 6.92 Å². The molecule has 0 rings (SSSR count). The summed E-state index contributed by atoms with van der Waals surface area (Å²) in [6.45, 7) is 5.17. The van der Waals surface area contributed by atoms with Crippen LogP contribution in [0, 0.1) is 0 Å². The van der Waals surface area contributed by atoms with Crippen molar-refractivity contribution in [3.63, 3.8) is 0 Å². The standard InChI is InChI=1S/C5H8N2S/c1-3-6-5(8)7-4-2/h3-4H,1H2,2H3,(H,6,8)/b7-4-. The van der Waals surface area contributed by atoms with Gasteiger partial charge in [0.1, 0.15) is 0 Å². The summed E-state index contributed by atoms with van der Waals surface area (Å²) in [6.07, 6.45) is 3.02. The Hall–Kier alpha value is -0.570. The van der Waals surface area contributed by atoms with Gasteiger partial charge in [0, 0.05) is 12.4 Å². The number of hydrogen-bond acceptors (Lipinski definition) is 1. The molecule has 0 amide bonds. The summed E-state index contributed by atoms with van der Waals surface area (Å²) >= 11 is 3.87. The lowest BCUT2D eigenvalue weighted by Gasteiger charge is -1.80. The monoisotopic (exact) mass is 128 g/mol. The number of aliphatic imine (C=N–C) groups is 2. The van der Waals surface area contributed by atoms with Crippen molar-refractivity contribution in [3.05, 3.63) is 12.8 Å². The summed E-state index contributed by atoms with van der Waals surface area (Å²) in [5.74, 6) is 0. The first-order chi connectivity index (χ1) is 3.81. The molecule has 8 heavy (non-hydrogen) atoms. The van der Waals surface area contributed by atoms with E-state index in [9.17, 15) is 0 Å². The first-order valence-corrected chi connectivity index (χ1v) is 2.62. The van der Waals surface area contributed by atoms with Gasteiger partial charge in [-0.25, -0.2) is 9.98 Å². The van der Waals surface area contributed by atoms with E-state index in [0.717, 1.165) is 0 Å². The van der Waals surface area contributed by atoms with E-state index >= 15 is 0 Å². The van der Waals surface area contributed by atoms with Crippen molar-refractivity contribution >= 4 is 24.0 Å². The van der Waals surface area contributed by atoms with Crippen molar-refractivity contribution in [1.82, 2.24) is 0 Å². The molecule has 0 aromatic heterocycles. The van der Waals surface area contributed by atoms with Crippen molar-refractivity contribution in [2.75, 3.05) is 0 Å². The Morgan fingerprint density at radius 3 is 2.75 bits per heavy atom. The van der Waals surface area contributed by atoms with Crippen molar-refractivity contribution < 1.29 is 0 Å². The Bertz CT molecular complexity index is 126. The number of hydrogen-bond donors (Lipinski definition) is 1. The summed E-state index contributed by atoms with van der Waals surface area (Å²) in [6, 6.07) is 0. The molecule has 0 atom stereocenters. The van der Waals surface area contributed by atoms with Gasteiger partial charge in [0.05, 0.1) is 0 Å². The smallest absolute Gasteiger partial charge is 0.183 e. The summed E-state index contributed by atoms with van der Waals surface area (Å²) in [5.41, 5.74) is 0. The van der Waals surface area contributed by atoms with Crippen LogP contribution in [0.4, 0.5) is 0 Å². The lowest BCUT2D eigenvalue weighted by Crippen LogP contribution is -1.76. The van der Waals surface area contributed by atoms with Crippen molar-refractivity contribution in [3.8, 4) is 0 Å². The second-order valence-corrected chi connectivity index (χ2v) is 1.40. The second-order valence-electron chi connectivity index (χ2n) is 0.999. The zero-order valence-electron chi connectivity index (χ0n) is 4.70. The van der Waals surface area contributed by atoms with Gasteiger partial charge in [-0.1, -0.05) is 6.58 Å². The zero-order chi connectivity index (χ0) is 6.41. The molecule has 0 aromatic carbocycles. The molecule has 44 valence electrons. The molecule has 0 aliphatic carbocycles. The summed E-state index contributed by atoms with van der Waals surface area (Å²) < 4.78 is 0. The minimum Gasteiger partial charge on any atom is -0.236 e. The molecular formula is C5H8N2S. The van der Waals surface area contributed by atoms with E-state index in [4.69, 9.17) is 0 Å². The SMILES string of the molecule is C=C/N=C(S)\N=C/C. The fourth-order valence-corrected chi connectivity index (χ4v) is 0.428. The molecule has 0 saturated carbocycles. The van der Waals surface area contributed by atoms with Gasteiger partial charge >= 0.3 is 0 Å². The maximum absolute atomic E-state index is 3.87. The van der Waals surface area contributed by atoms with Crippen LogP contribution >= 0.6 is 12.6 Å². The Balaban J connectivity index is 3.79. The molecular weight excluding hydrogens is 120 g/mol. The second kappa shape index (κ2) is 4.59. The third kappa shape index (κ3) is 3.61. The van der Waals surface area contributed by atoms with Gasteiger partial charge in [0.2, 0.25) is 0 Å². The molecule has 0 N–H and O–H groups in total. The van der Waals surface area contributed by atoms with Gasteiger partial charge in [-0.2, -0.15) is 0 Å². The van der Waals surface area contributed by atoms with E-state index in [-0.39, 0.29) is 0 Å². The summed E-state index contributed by atoms with van der Waals surface area (Å²) in [4.78, 5) is 7.39. The lowest BCUT2D eigenvalue weighted by atomic mass is 10.9. The summed E-state index contributed by atoms with van der Waals surface area (Å²) in [7, 11) is 0. The minimum absolute atomic E-state index is 0.433. The maximum Gasteiger partial charge on any atom is 0.183 e. The molecule has 0 bridgehead atoms. The average Bonchev–Trinajstić information content (AvgIpc) is 1.68. The highest BCUT2D eigenvalue weighted by Gasteiger charge is 1.75. The third-order valence-corrected chi connectivity index (χ3v) is 0.682. The van der Waals surface area contributed by atoms with Crippen LogP contribution in [0.3, 0.4) is 0 Å². The van der Waals surface area contributed by atoms with E-state index in [0.29, 0.717) is 5.17 Å². The normalized spacial score (nSPS) is 12.5. The van der Waals surface area contributed by atoms with Crippen LogP contribution in [0.15, 0.2) is 22.8 Å². The van der Waals surface area contributed by atoms with Crippen LogP contribution in [0.5, 0.6) is 0 Å². The fourth-order valence-electron chi connectivity index (χ4n) is 0.230. The Morgan fingerprint density at radius 2 is 2.38 bits per heavy atom. The number of thiol groups is 1.